The van der Waals surface area contributed by atoms with Crippen LogP contribution in [0.25, 0.3) is 0 Å². The Bertz CT molecular complexity index is 210. The molecule has 0 saturated heterocycles. The van der Waals surface area contributed by atoms with Crippen LogP contribution in [0.15, 0.2) is 12.7 Å². The molecule has 3 heteroatoms. The minimum absolute atomic E-state index is 0.0524. The Labute approximate surface area is 93.3 Å². The summed E-state index contributed by atoms with van der Waals surface area (Å²) in [6.07, 6.45) is 5.14. The van der Waals surface area contributed by atoms with E-state index in [-0.39, 0.29) is 5.91 Å². The number of nitrogens with zero attached hydrogens (tertiary/aromatic N) is 1. The molecule has 0 aliphatic carbocycles. The van der Waals surface area contributed by atoms with E-state index in [1.165, 1.54) is 0 Å². The van der Waals surface area contributed by atoms with Crippen LogP contribution in [-0.2, 0) is 4.79 Å². The van der Waals surface area contributed by atoms with Crippen LogP contribution in [0.2, 0.25) is 0 Å². The molecule has 0 radical (unpaired) electrons. The molecule has 0 aliphatic rings. The van der Waals surface area contributed by atoms with Crippen molar-refractivity contribution in [2.45, 2.75) is 45.1 Å². The lowest BCUT2D eigenvalue weighted by Crippen LogP contribution is -2.53. The first-order chi connectivity index (χ1) is 7.01. The average Bonchev–Trinajstić information content (AvgIpc) is 2.27. The molecule has 1 amide bonds. The lowest BCUT2D eigenvalue weighted by molar-refractivity contribution is -0.136. The van der Waals surface area contributed by atoms with Gasteiger partial charge in [-0.1, -0.05) is 19.9 Å². The predicted octanol–water partition coefficient (Wildman–Crippen LogP) is 1.93. The molecule has 15 heavy (non-hydrogen) atoms. The maximum Gasteiger partial charge on any atom is 0.242 e. The zero-order valence-electron chi connectivity index (χ0n) is 10.3. The fourth-order valence-electron chi connectivity index (χ4n) is 1.51. The van der Waals surface area contributed by atoms with Gasteiger partial charge in [0.1, 0.15) is 0 Å². The second-order valence-electron chi connectivity index (χ2n) is 4.02. The zero-order valence-corrected chi connectivity index (χ0v) is 10.3. The number of likely N-dealkylation sites (N-methyl/N-ethyl adjacent to an activating group) is 1. The first-order valence-electron chi connectivity index (χ1n) is 5.67. The van der Waals surface area contributed by atoms with Gasteiger partial charge in [-0.3, -0.25) is 4.79 Å². The van der Waals surface area contributed by atoms with Crippen LogP contribution in [0.3, 0.4) is 0 Å². The van der Waals surface area contributed by atoms with E-state index in [0.29, 0.717) is 12.8 Å². The topological polar surface area (TPSA) is 46.3 Å². The van der Waals surface area contributed by atoms with Crippen LogP contribution in [0.4, 0.5) is 0 Å². The third-order valence-electron chi connectivity index (χ3n) is 2.94. The minimum Gasteiger partial charge on any atom is -0.344 e. The van der Waals surface area contributed by atoms with Crippen LogP contribution < -0.4 is 5.73 Å². The largest absolute Gasteiger partial charge is 0.344 e. The molecule has 0 unspecified atom stereocenters. The summed E-state index contributed by atoms with van der Waals surface area (Å²) in [6.45, 7) is 8.32. The Hall–Kier alpha value is -0.830. The van der Waals surface area contributed by atoms with E-state index in [2.05, 4.69) is 6.58 Å². The molecule has 0 bridgehead atoms. The van der Waals surface area contributed by atoms with Crippen molar-refractivity contribution in [1.29, 1.82) is 0 Å². The highest BCUT2D eigenvalue weighted by Crippen LogP contribution is 2.14. The zero-order chi connectivity index (χ0) is 11.9. The monoisotopic (exact) mass is 212 g/mol. The molecule has 88 valence electrons. The third-order valence-corrected chi connectivity index (χ3v) is 2.94. The van der Waals surface area contributed by atoms with Crippen molar-refractivity contribution in [2.75, 3.05) is 13.6 Å². The van der Waals surface area contributed by atoms with Crippen LogP contribution in [0.5, 0.6) is 0 Å². The van der Waals surface area contributed by atoms with Gasteiger partial charge in [-0.25, -0.2) is 0 Å². The van der Waals surface area contributed by atoms with Crippen molar-refractivity contribution in [3.05, 3.63) is 12.7 Å². The Balaban J connectivity index is 4.23. The summed E-state index contributed by atoms with van der Waals surface area (Å²) < 4.78 is 0. The highest BCUT2D eigenvalue weighted by molar-refractivity contribution is 5.85. The molecule has 0 rings (SSSR count). The van der Waals surface area contributed by atoms with Crippen LogP contribution in [0.1, 0.15) is 39.5 Å². The summed E-state index contributed by atoms with van der Waals surface area (Å²) in [4.78, 5) is 13.7. The predicted molar refractivity (Wildman–Crippen MR) is 64.6 cm³/mol. The third kappa shape index (κ3) is 4.04. The van der Waals surface area contributed by atoms with Gasteiger partial charge in [-0.05, 0) is 25.7 Å². The van der Waals surface area contributed by atoms with Crippen molar-refractivity contribution in [1.82, 2.24) is 4.90 Å². The summed E-state index contributed by atoms with van der Waals surface area (Å²) in [5, 5.41) is 0. The van der Waals surface area contributed by atoms with Gasteiger partial charge < -0.3 is 10.6 Å². The summed E-state index contributed by atoms with van der Waals surface area (Å²) in [7, 11) is 1.82. The number of carbonyl (C=O) groups is 1. The second-order valence-corrected chi connectivity index (χ2v) is 4.02. The van der Waals surface area contributed by atoms with Crippen molar-refractivity contribution in [3.8, 4) is 0 Å². The van der Waals surface area contributed by atoms with Crippen molar-refractivity contribution in [3.63, 3.8) is 0 Å². The number of unbranched alkanes of at least 4 members (excludes halogenated alkanes) is 1. The number of amides is 1. The number of rotatable bonds is 7. The van der Waals surface area contributed by atoms with Crippen LogP contribution in [-0.4, -0.2) is 29.9 Å². The maximum absolute atomic E-state index is 12.0. The van der Waals surface area contributed by atoms with E-state index in [1.807, 2.05) is 27.0 Å². The number of nitrogens with two attached hydrogens (primary N) is 1. The Morgan fingerprint density at radius 2 is 2.00 bits per heavy atom. The fourth-order valence-corrected chi connectivity index (χ4v) is 1.51. The molecule has 2 N–H and O–H groups in total. The first-order valence-corrected chi connectivity index (χ1v) is 5.67. The van der Waals surface area contributed by atoms with Gasteiger partial charge in [0.15, 0.2) is 0 Å². The van der Waals surface area contributed by atoms with Gasteiger partial charge in [0.25, 0.3) is 0 Å². The van der Waals surface area contributed by atoms with Crippen molar-refractivity contribution >= 4 is 5.91 Å². The minimum atomic E-state index is -0.678. The normalized spacial score (nSPS) is 11.2. The summed E-state index contributed by atoms with van der Waals surface area (Å²) in [5.41, 5.74) is 5.36. The highest BCUT2D eigenvalue weighted by atomic mass is 16.2. The van der Waals surface area contributed by atoms with Gasteiger partial charge >= 0.3 is 0 Å². The molecule has 0 atom stereocenters. The average molecular weight is 212 g/mol. The molecular weight excluding hydrogens is 188 g/mol. The smallest absolute Gasteiger partial charge is 0.242 e. The molecule has 0 aromatic rings. The maximum atomic E-state index is 12.0. The lowest BCUT2D eigenvalue weighted by Gasteiger charge is -2.30. The highest BCUT2D eigenvalue weighted by Gasteiger charge is 2.32. The quantitative estimate of drug-likeness (QED) is 0.518. The van der Waals surface area contributed by atoms with E-state index >= 15 is 0 Å². The van der Waals surface area contributed by atoms with E-state index < -0.39 is 5.54 Å². The van der Waals surface area contributed by atoms with E-state index in [0.717, 1.165) is 19.4 Å². The molecule has 0 aromatic carbocycles. The fraction of sp³-hybridized carbons (Fsp3) is 0.750. The number of hydrogen-bond donors (Lipinski definition) is 1. The van der Waals surface area contributed by atoms with Gasteiger partial charge in [0.2, 0.25) is 5.91 Å². The van der Waals surface area contributed by atoms with Crippen molar-refractivity contribution < 1.29 is 4.79 Å². The SMILES string of the molecule is C=CCCCN(C)C(=O)C(N)(CC)CC. The van der Waals surface area contributed by atoms with Gasteiger partial charge in [-0.2, -0.15) is 0 Å². The van der Waals surface area contributed by atoms with Gasteiger partial charge in [0.05, 0.1) is 5.54 Å². The number of carbonyl (C=O) groups excluding carboxylic acids is 1. The Kier molecular flexibility index (Phi) is 6.25. The molecule has 0 spiro atoms. The Morgan fingerprint density at radius 1 is 1.47 bits per heavy atom. The molecule has 0 aromatic heterocycles. The number of allylic oxidation sites excluding steroid dienone is 1. The second kappa shape index (κ2) is 6.62. The number of hydrogen-bond acceptors (Lipinski definition) is 2. The summed E-state index contributed by atoms with van der Waals surface area (Å²) >= 11 is 0. The molecule has 0 fully saturated rings. The van der Waals surface area contributed by atoms with Gasteiger partial charge in [0, 0.05) is 13.6 Å². The molecule has 0 aliphatic heterocycles. The van der Waals surface area contributed by atoms with Crippen LogP contribution >= 0.6 is 0 Å². The molecular formula is C12H24N2O. The first kappa shape index (κ1) is 14.2. The molecule has 0 heterocycles. The lowest BCUT2D eigenvalue weighted by atomic mass is 9.92. The van der Waals surface area contributed by atoms with E-state index in [1.54, 1.807) is 4.90 Å². The van der Waals surface area contributed by atoms with Crippen LogP contribution in [0, 0.1) is 0 Å². The standard InChI is InChI=1S/C12H24N2O/c1-5-8-9-10-14(4)11(15)12(13,6-2)7-3/h5H,1,6-10,13H2,2-4H3. The Morgan fingerprint density at radius 3 is 2.40 bits per heavy atom. The molecule has 0 saturated carbocycles. The van der Waals surface area contributed by atoms with Gasteiger partial charge in [-0.15, -0.1) is 6.58 Å². The molecule has 3 nitrogen and oxygen atoms in total. The van der Waals surface area contributed by atoms with E-state index in [4.69, 9.17) is 5.73 Å². The summed E-state index contributed by atoms with van der Waals surface area (Å²) in [5.74, 6) is 0.0524. The van der Waals surface area contributed by atoms with Crippen molar-refractivity contribution in [2.24, 2.45) is 5.73 Å². The summed E-state index contributed by atoms with van der Waals surface area (Å²) in [6, 6.07) is 0. The van der Waals surface area contributed by atoms with E-state index in [9.17, 15) is 4.79 Å².